The van der Waals surface area contributed by atoms with Crippen LogP contribution in [0.4, 0.5) is 4.39 Å². The maximum Gasteiger partial charge on any atom is 0.228 e. The largest absolute Gasteiger partial charge is 0.384 e. The Bertz CT molecular complexity index is 665. The summed E-state index contributed by atoms with van der Waals surface area (Å²) in [4.78, 5) is 11.7. The van der Waals surface area contributed by atoms with Gasteiger partial charge in [0.15, 0.2) is 0 Å². The van der Waals surface area contributed by atoms with E-state index in [1.165, 1.54) is 18.2 Å². The first-order valence-electron chi connectivity index (χ1n) is 5.71. The number of primary amides is 1. The van der Waals surface area contributed by atoms with Gasteiger partial charge in [-0.05, 0) is 11.6 Å². The van der Waals surface area contributed by atoms with Crippen molar-refractivity contribution in [3.05, 3.63) is 47.0 Å². The molecule has 0 aliphatic carbocycles. The standard InChI is InChI=1S/C13H11FN4OS/c14-8-4-2-1-3-6(8)9-7(5-15)11(16)18-13(20)10(9)12(17)19/h1-4,9-10H,16H2,(H2,17,19)(H,18,20)/t9-,10+/m0/s1. The molecule has 0 radical (unpaired) electrons. The van der Waals surface area contributed by atoms with E-state index in [0.29, 0.717) is 0 Å². The molecule has 0 bridgehead atoms. The number of rotatable bonds is 2. The summed E-state index contributed by atoms with van der Waals surface area (Å²) in [5, 5.41) is 11.8. The molecule has 0 saturated heterocycles. The normalized spacial score (nSPS) is 22.1. The van der Waals surface area contributed by atoms with Gasteiger partial charge in [0.05, 0.1) is 16.6 Å². The molecule has 0 spiro atoms. The van der Waals surface area contributed by atoms with Crippen LogP contribution >= 0.6 is 12.2 Å². The van der Waals surface area contributed by atoms with Crippen LogP contribution in [0.15, 0.2) is 35.7 Å². The number of hydrogen-bond donors (Lipinski definition) is 3. The van der Waals surface area contributed by atoms with E-state index in [1.807, 2.05) is 6.07 Å². The summed E-state index contributed by atoms with van der Waals surface area (Å²) in [5.74, 6) is -3.19. The van der Waals surface area contributed by atoms with Gasteiger partial charge in [-0.2, -0.15) is 5.26 Å². The van der Waals surface area contributed by atoms with Crippen molar-refractivity contribution in [3.8, 4) is 6.07 Å². The number of nitrogens with zero attached hydrogens (tertiary/aromatic N) is 1. The fraction of sp³-hybridized carbons (Fsp3) is 0.154. The topological polar surface area (TPSA) is 105 Å². The Balaban J connectivity index is 2.68. The molecular weight excluding hydrogens is 279 g/mol. The van der Waals surface area contributed by atoms with Crippen molar-refractivity contribution in [1.29, 1.82) is 5.26 Å². The highest BCUT2D eigenvalue weighted by atomic mass is 32.1. The SMILES string of the molecule is N#CC1=C(N)NC(=S)[C@@H](C(N)=O)[C@H]1c1ccccc1F. The van der Waals surface area contributed by atoms with Gasteiger partial charge < -0.3 is 16.8 Å². The number of allylic oxidation sites excluding steroid dienone is 1. The fourth-order valence-electron chi connectivity index (χ4n) is 2.25. The highest BCUT2D eigenvalue weighted by molar-refractivity contribution is 7.80. The zero-order valence-electron chi connectivity index (χ0n) is 10.3. The van der Waals surface area contributed by atoms with Crippen LogP contribution in [0.2, 0.25) is 0 Å². The van der Waals surface area contributed by atoms with Crippen molar-refractivity contribution >= 4 is 23.1 Å². The van der Waals surface area contributed by atoms with Crippen molar-refractivity contribution < 1.29 is 9.18 Å². The smallest absolute Gasteiger partial charge is 0.228 e. The predicted octanol–water partition coefficient (Wildman–Crippen LogP) is 0.635. The molecule has 20 heavy (non-hydrogen) atoms. The first-order valence-corrected chi connectivity index (χ1v) is 6.12. The molecule has 0 aromatic heterocycles. The van der Waals surface area contributed by atoms with E-state index in [2.05, 4.69) is 5.32 Å². The van der Waals surface area contributed by atoms with E-state index in [9.17, 15) is 14.4 Å². The summed E-state index contributed by atoms with van der Waals surface area (Å²) in [6.07, 6.45) is 0. The second-order valence-electron chi connectivity index (χ2n) is 4.31. The molecule has 1 amide bonds. The Morgan fingerprint density at radius 1 is 1.45 bits per heavy atom. The molecular formula is C13H11FN4OS. The number of thiocarbonyl (C=S) groups is 1. The van der Waals surface area contributed by atoms with Crippen LogP contribution in [-0.2, 0) is 4.79 Å². The number of nitrogens with two attached hydrogens (primary N) is 2. The lowest BCUT2D eigenvalue weighted by Crippen LogP contribution is -2.47. The van der Waals surface area contributed by atoms with Gasteiger partial charge in [0.2, 0.25) is 5.91 Å². The van der Waals surface area contributed by atoms with Crippen LogP contribution in [-0.4, -0.2) is 10.9 Å². The second-order valence-corrected chi connectivity index (χ2v) is 4.75. The zero-order chi connectivity index (χ0) is 14.9. The molecule has 0 fully saturated rings. The van der Waals surface area contributed by atoms with Crippen molar-refractivity contribution in [3.63, 3.8) is 0 Å². The number of amides is 1. The Hall–Kier alpha value is -2.46. The number of nitrogens with one attached hydrogen (secondary N) is 1. The highest BCUT2D eigenvalue weighted by Crippen LogP contribution is 2.37. The lowest BCUT2D eigenvalue weighted by Gasteiger charge is -2.31. The summed E-state index contributed by atoms with van der Waals surface area (Å²) in [5.41, 5.74) is 11.3. The molecule has 1 aromatic carbocycles. The summed E-state index contributed by atoms with van der Waals surface area (Å²) in [6.45, 7) is 0. The number of carbonyl (C=O) groups excluding carboxylic acids is 1. The van der Waals surface area contributed by atoms with Crippen LogP contribution in [0, 0.1) is 23.1 Å². The zero-order valence-corrected chi connectivity index (χ0v) is 11.1. The maximum atomic E-state index is 14.0. The van der Waals surface area contributed by atoms with Gasteiger partial charge >= 0.3 is 0 Å². The number of benzene rings is 1. The Morgan fingerprint density at radius 2 is 2.10 bits per heavy atom. The quantitative estimate of drug-likeness (QED) is 0.693. The summed E-state index contributed by atoms with van der Waals surface area (Å²) in [7, 11) is 0. The molecule has 1 heterocycles. The van der Waals surface area contributed by atoms with Gasteiger partial charge in [-0.25, -0.2) is 4.39 Å². The van der Waals surface area contributed by atoms with E-state index in [1.54, 1.807) is 6.07 Å². The monoisotopic (exact) mass is 290 g/mol. The van der Waals surface area contributed by atoms with E-state index in [-0.39, 0.29) is 21.9 Å². The minimum absolute atomic E-state index is 0.0169. The third-order valence-electron chi connectivity index (χ3n) is 3.14. The highest BCUT2D eigenvalue weighted by Gasteiger charge is 2.40. The minimum atomic E-state index is -1.01. The van der Waals surface area contributed by atoms with Gasteiger partial charge in [0.1, 0.15) is 17.6 Å². The minimum Gasteiger partial charge on any atom is -0.384 e. The number of carbonyl (C=O) groups is 1. The average molecular weight is 290 g/mol. The second kappa shape index (κ2) is 5.27. The van der Waals surface area contributed by atoms with Crippen LogP contribution < -0.4 is 16.8 Å². The molecule has 7 heteroatoms. The molecule has 1 aliphatic heterocycles. The number of nitriles is 1. The molecule has 102 valence electrons. The fourth-order valence-corrected chi connectivity index (χ4v) is 2.61. The Kier molecular flexibility index (Phi) is 3.68. The van der Waals surface area contributed by atoms with Crippen LogP contribution in [0.3, 0.4) is 0 Å². The summed E-state index contributed by atoms with van der Waals surface area (Å²) in [6, 6.07) is 7.73. The summed E-state index contributed by atoms with van der Waals surface area (Å²) < 4.78 is 14.0. The molecule has 0 unspecified atom stereocenters. The third kappa shape index (κ3) is 2.21. The van der Waals surface area contributed by atoms with Crippen molar-refractivity contribution in [2.45, 2.75) is 5.92 Å². The van der Waals surface area contributed by atoms with E-state index >= 15 is 0 Å². The van der Waals surface area contributed by atoms with Gasteiger partial charge in [-0.15, -0.1) is 0 Å². The summed E-state index contributed by atoms with van der Waals surface area (Å²) >= 11 is 5.04. The Labute approximate surface area is 120 Å². The average Bonchev–Trinajstić information content (AvgIpc) is 2.38. The van der Waals surface area contributed by atoms with Crippen molar-refractivity contribution in [2.75, 3.05) is 0 Å². The predicted molar refractivity (Wildman–Crippen MR) is 74.4 cm³/mol. The lowest BCUT2D eigenvalue weighted by molar-refractivity contribution is -0.120. The molecule has 1 aromatic rings. The van der Waals surface area contributed by atoms with E-state index < -0.39 is 23.6 Å². The third-order valence-corrected chi connectivity index (χ3v) is 3.50. The van der Waals surface area contributed by atoms with E-state index in [0.717, 1.165) is 0 Å². The Morgan fingerprint density at radius 3 is 2.65 bits per heavy atom. The molecule has 0 saturated carbocycles. The maximum absolute atomic E-state index is 14.0. The van der Waals surface area contributed by atoms with Crippen LogP contribution in [0.1, 0.15) is 11.5 Å². The molecule has 2 rings (SSSR count). The van der Waals surface area contributed by atoms with Gasteiger partial charge in [-0.3, -0.25) is 4.79 Å². The lowest BCUT2D eigenvalue weighted by atomic mass is 9.78. The molecule has 5 N–H and O–H groups in total. The molecule has 1 aliphatic rings. The van der Waals surface area contributed by atoms with Crippen molar-refractivity contribution in [1.82, 2.24) is 5.32 Å². The number of halogens is 1. The first-order chi connectivity index (χ1) is 9.47. The first kappa shape index (κ1) is 14.0. The molecule has 2 atom stereocenters. The van der Waals surface area contributed by atoms with Crippen molar-refractivity contribution in [2.24, 2.45) is 17.4 Å². The van der Waals surface area contributed by atoms with E-state index in [4.69, 9.17) is 23.7 Å². The van der Waals surface area contributed by atoms with Gasteiger partial charge in [0.25, 0.3) is 0 Å². The molecule has 5 nitrogen and oxygen atoms in total. The van der Waals surface area contributed by atoms with Crippen LogP contribution in [0.5, 0.6) is 0 Å². The van der Waals surface area contributed by atoms with Gasteiger partial charge in [0, 0.05) is 5.92 Å². The van der Waals surface area contributed by atoms with Crippen LogP contribution in [0.25, 0.3) is 0 Å². The van der Waals surface area contributed by atoms with Gasteiger partial charge in [-0.1, -0.05) is 30.4 Å². The number of hydrogen-bond acceptors (Lipinski definition) is 4.